The molecule has 0 saturated heterocycles. The molecule has 0 aliphatic heterocycles. The van der Waals surface area contributed by atoms with E-state index in [0.717, 1.165) is 12.1 Å². The van der Waals surface area contributed by atoms with Gasteiger partial charge in [0.1, 0.15) is 11.6 Å². The minimum absolute atomic E-state index is 0.0820. The largest absolute Gasteiger partial charge is 0.454 e. The standard InChI is InChI=1S/C12H9F2NO2/c13-8-1-2-12(11(14)5-8)17-10-3-4-15-9(6-10)7-16/h1-6,16H,7H2. The molecule has 5 heteroatoms. The van der Waals surface area contributed by atoms with E-state index in [4.69, 9.17) is 9.84 Å². The molecule has 0 aliphatic carbocycles. The molecule has 0 spiro atoms. The summed E-state index contributed by atoms with van der Waals surface area (Å²) >= 11 is 0. The molecule has 1 aromatic heterocycles. The van der Waals surface area contributed by atoms with Crippen molar-refractivity contribution in [3.8, 4) is 11.5 Å². The Morgan fingerprint density at radius 1 is 1.18 bits per heavy atom. The van der Waals surface area contributed by atoms with Gasteiger partial charge in [-0.1, -0.05) is 0 Å². The molecule has 0 fully saturated rings. The predicted octanol–water partition coefficient (Wildman–Crippen LogP) is 2.64. The minimum Gasteiger partial charge on any atom is -0.454 e. The molecule has 0 amide bonds. The Morgan fingerprint density at radius 3 is 2.71 bits per heavy atom. The molecule has 88 valence electrons. The number of pyridine rings is 1. The molecule has 1 N–H and O–H groups in total. The van der Waals surface area contributed by atoms with Crippen molar-refractivity contribution >= 4 is 0 Å². The van der Waals surface area contributed by atoms with E-state index in [1.807, 2.05) is 0 Å². The Labute approximate surface area is 96.3 Å². The van der Waals surface area contributed by atoms with E-state index < -0.39 is 11.6 Å². The van der Waals surface area contributed by atoms with Crippen LogP contribution in [0.15, 0.2) is 36.5 Å². The number of hydrogen-bond donors (Lipinski definition) is 1. The van der Waals surface area contributed by atoms with Crippen LogP contribution in [0.4, 0.5) is 8.78 Å². The zero-order valence-electron chi connectivity index (χ0n) is 8.73. The fraction of sp³-hybridized carbons (Fsp3) is 0.0833. The van der Waals surface area contributed by atoms with Gasteiger partial charge in [-0.05, 0) is 18.2 Å². The first kappa shape index (κ1) is 11.5. The quantitative estimate of drug-likeness (QED) is 0.892. The molecule has 0 atom stereocenters. The lowest BCUT2D eigenvalue weighted by Crippen LogP contribution is -1.92. The van der Waals surface area contributed by atoms with Crippen molar-refractivity contribution in [2.75, 3.05) is 0 Å². The summed E-state index contributed by atoms with van der Waals surface area (Å²) < 4.78 is 31.2. The second-order valence-corrected chi connectivity index (χ2v) is 3.32. The van der Waals surface area contributed by atoms with Gasteiger partial charge in [-0.2, -0.15) is 0 Å². The molecule has 3 nitrogen and oxygen atoms in total. The third-order valence-electron chi connectivity index (χ3n) is 2.07. The van der Waals surface area contributed by atoms with E-state index >= 15 is 0 Å². The molecule has 1 aromatic carbocycles. The highest BCUT2D eigenvalue weighted by Gasteiger charge is 2.06. The van der Waals surface area contributed by atoms with Crippen LogP contribution in [0, 0.1) is 11.6 Å². The second kappa shape index (κ2) is 4.88. The third-order valence-corrected chi connectivity index (χ3v) is 2.07. The lowest BCUT2D eigenvalue weighted by Gasteiger charge is -2.07. The molecule has 0 aliphatic rings. The second-order valence-electron chi connectivity index (χ2n) is 3.32. The lowest BCUT2D eigenvalue weighted by molar-refractivity contribution is 0.276. The molecule has 2 aromatic rings. The Morgan fingerprint density at radius 2 is 2.00 bits per heavy atom. The molecular weight excluding hydrogens is 228 g/mol. The number of aliphatic hydroxyl groups excluding tert-OH is 1. The third kappa shape index (κ3) is 2.76. The van der Waals surface area contributed by atoms with Crippen LogP contribution >= 0.6 is 0 Å². The highest BCUT2D eigenvalue weighted by atomic mass is 19.1. The fourth-order valence-electron chi connectivity index (χ4n) is 1.29. The van der Waals surface area contributed by atoms with Gasteiger partial charge in [0.25, 0.3) is 0 Å². The van der Waals surface area contributed by atoms with E-state index in [1.54, 1.807) is 0 Å². The summed E-state index contributed by atoms with van der Waals surface area (Å²) in [5.74, 6) is -1.20. The molecule has 17 heavy (non-hydrogen) atoms. The normalized spacial score (nSPS) is 10.3. The number of hydrogen-bond acceptors (Lipinski definition) is 3. The predicted molar refractivity (Wildman–Crippen MR) is 56.6 cm³/mol. The van der Waals surface area contributed by atoms with Crippen molar-refractivity contribution in [2.45, 2.75) is 6.61 Å². The number of rotatable bonds is 3. The summed E-state index contributed by atoms with van der Waals surface area (Å²) in [5, 5.41) is 8.88. The fourth-order valence-corrected chi connectivity index (χ4v) is 1.29. The number of nitrogens with zero attached hydrogens (tertiary/aromatic N) is 1. The smallest absolute Gasteiger partial charge is 0.168 e. The van der Waals surface area contributed by atoms with Gasteiger partial charge in [0.15, 0.2) is 11.6 Å². The van der Waals surface area contributed by atoms with Crippen molar-refractivity contribution in [1.29, 1.82) is 0 Å². The van der Waals surface area contributed by atoms with Crippen molar-refractivity contribution in [3.63, 3.8) is 0 Å². The van der Waals surface area contributed by atoms with E-state index in [-0.39, 0.29) is 12.4 Å². The molecule has 0 bridgehead atoms. The van der Waals surface area contributed by atoms with E-state index in [1.165, 1.54) is 24.4 Å². The molecular formula is C12H9F2NO2. The van der Waals surface area contributed by atoms with Crippen LogP contribution in [0.1, 0.15) is 5.69 Å². The number of aromatic nitrogens is 1. The summed E-state index contributed by atoms with van der Waals surface area (Å²) in [6.07, 6.45) is 1.43. The van der Waals surface area contributed by atoms with Gasteiger partial charge >= 0.3 is 0 Å². The Hall–Kier alpha value is -2.01. The van der Waals surface area contributed by atoms with Gasteiger partial charge in [-0.25, -0.2) is 8.78 Å². The number of halogens is 2. The van der Waals surface area contributed by atoms with Gasteiger partial charge in [-0.15, -0.1) is 0 Å². The van der Waals surface area contributed by atoms with E-state index in [0.29, 0.717) is 11.4 Å². The Balaban J connectivity index is 2.25. The topological polar surface area (TPSA) is 42.4 Å². The Kier molecular flexibility index (Phi) is 3.30. The molecule has 0 unspecified atom stereocenters. The van der Waals surface area contributed by atoms with Crippen LogP contribution in [0.3, 0.4) is 0 Å². The molecule has 1 heterocycles. The van der Waals surface area contributed by atoms with Crippen LogP contribution in [0.25, 0.3) is 0 Å². The number of aliphatic hydroxyl groups is 1. The zero-order chi connectivity index (χ0) is 12.3. The molecule has 0 radical (unpaired) electrons. The van der Waals surface area contributed by atoms with Crippen LogP contribution in [0.5, 0.6) is 11.5 Å². The number of benzene rings is 1. The maximum atomic E-state index is 13.3. The summed E-state index contributed by atoms with van der Waals surface area (Å²) in [4.78, 5) is 3.85. The van der Waals surface area contributed by atoms with Crippen LogP contribution in [0.2, 0.25) is 0 Å². The van der Waals surface area contributed by atoms with Gasteiger partial charge in [0.05, 0.1) is 12.3 Å². The lowest BCUT2D eigenvalue weighted by atomic mass is 10.3. The van der Waals surface area contributed by atoms with Crippen LogP contribution < -0.4 is 4.74 Å². The Bertz CT molecular complexity index is 532. The first-order chi connectivity index (χ1) is 8.19. The highest BCUT2D eigenvalue weighted by molar-refractivity contribution is 5.32. The summed E-state index contributed by atoms with van der Waals surface area (Å²) in [6.45, 7) is -0.233. The first-order valence-corrected chi connectivity index (χ1v) is 4.88. The zero-order valence-corrected chi connectivity index (χ0v) is 8.73. The van der Waals surface area contributed by atoms with E-state index in [9.17, 15) is 8.78 Å². The van der Waals surface area contributed by atoms with Gasteiger partial charge in [0.2, 0.25) is 0 Å². The van der Waals surface area contributed by atoms with Crippen LogP contribution in [-0.2, 0) is 6.61 Å². The van der Waals surface area contributed by atoms with Crippen LogP contribution in [-0.4, -0.2) is 10.1 Å². The van der Waals surface area contributed by atoms with Crippen molar-refractivity contribution < 1.29 is 18.6 Å². The van der Waals surface area contributed by atoms with Gasteiger partial charge in [0, 0.05) is 18.3 Å². The van der Waals surface area contributed by atoms with Gasteiger partial charge < -0.3 is 9.84 Å². The average molecular weight is 237 g/mol. The average Bonchev–Trinajstić information content (AvgIpc) is 2.33. The van der Waals surface area contributed by atoms with Crippen molar-refractivity contribution in [1.82, 2.24) is 4.98 Å². The molecule has 2 rings (SSSR count). The summed E-state index contributed by atoms with van der Waals surface area (Å²) in [5.41, 5.74) is 0.407. The van der Waals surface area contributed by atoms with Gasteiger partial charge in [-0.3, -0.25) is 4.98 Å². The van der Waals surface area contributed by atoms with Crippen molar-refractivity contribution in [2.24, 2.45) is 0 Å². The summed E-state index contributed by atoms with van der Waals surface area (Å²) in [6, 6.07) is 6.03. The summed E-state index contributed by atoms with van der Waals surface area (Å²) in [7, 11) is 0. The first-order valence-electron chi connectivity index (χ1n) is 4.88. The van der Waals surface area contributed by atoms with E-state index in [2.05, 4.69) is 4.98 Å². The molecule has 0 saturated carbocycles. The highest BCUT2D eigenvalue weighted by Crippen LogP contribution is 2.24. The van der Waals surface area contributed by atoms with Crippen molar-refractivity contribution in [3.05, 3.63) is 53.9 Å². The SMILES string of the molecule is OCc1cc(Oc2ccc(F)cc2F)ccn1. The minimum atomic E-state index is -0.785. The maximum absolute atomic E-state index is 13.3. The number of ether oxygens (including phenoxy) is 1. The maximum Gasteiger partial charge on any atom is 0.168 e. The monoisotopic (exact) mass is 237 g/mol.